The lowest BCUT2D eigenvalue weighted by Crippen LogP contribution is -2.27. The molecule has 2 aromatic rings. The number of hydrogen-bond acceptors (Lipinski definition) is 5. The number of carbonyl (C=O) groups is 2. The maximum absolute atomic E-state index is 12.5. The van der Waals surface area contributed by atoms with E-state index >= 15 is 0 Å². The highest BCUT2D eigenvalue weighted by molar-refractivity contribution is 8.18. The van der Waals surface area contributed by atoms with Gasteiger partial charge in [-0.25, -0.2) is 0 Å². The molecule has 0 aromatic heterocycles. The van der Waals surface area contributed by atoms with Crippen molar-refractivity contribution < 1.29 is 14.5 Å². The minimum atomic E-state index is -0.492. The third-order valence-electron chi connectivity index (χ3n) is 3.74. The standard InChI is InChI=1S/C18H14N2O4S/c1-12-2-4-13(5-3-12)10-16-17(21)19(18(22)25-16)11-14-6-8-15(9-7-14)20(23)24/h2-10H,11H2,1H3/b16-10-. The van der Waals surface area contributed by atoms with Crippen LogP contribution in [0, 0.1) is 17.0 Å². The Morgan fingerprint density at radius 1 is 1.08 bits per heavy atom. The third kappa shape index (κ3) is 3.77. The smallest absolute Gasteiger partial charge is 0.268 e. The molecule has 0 aliphatic carbocycles. The average molecular weight is 354 g/mol. The first-order valence-corrected chi connectivity index (χ1v) is 8.31. The van der Waals surface area contributed by atoms with Gasteiger partial charge in [-0.1, -0.05) is 42.0 Å². The number of rotatable bonds is 4. The second kappa shape index (κ2) is 6.90. The van der Waals surface area contributed by atoms with E-state index in [-0.39, 0.29) is 23.4 Å². The van der Waals surface area contributed by atoms with E-state index in [4.69, 9.17) is 0 Å². The Morgan fingerprint density at radius 2 is 1.72 bits per heavy atom. The molecule has 1 aliphatic heterocycles. The maximum atomic E-state index is 12.5. The van der Waals surface area contributed by atoms with E-state index in [9.17, 15) is 19.7 Å². The van der Waals surface area contributed by atoms with E-state index in [2.05, 4.69) is 0 Å². The van der Waals surface area contributed by atoms with Crippen LogP contribution in [0.4, 0.5) is 10.5 Å². The predicted octanol–water partition coefficient (Wildman–Crippen LogP) is 4.14. The second-order valence-electron chi connectivity index (χ2n) is 5.60. The number of amides is 2. The first-order chi connectivity index (χ1) is 11.9. The van der Waals surface area contributed by atoms with Crippen LogP contribution < -0.4 is 0 Å². The summed E-state index contributed by atoms with van der Waals surface area (Å²) < 4.78 is 0. The highest BCUT2D eigenvalue weighted by Gasteiger charge is 2.34. The summed E-state index contributed by atoms with van der Waals surface area (Å²) >= 11 is 0.898. The molecule has 0 atom stereocenters. The Labute approximate surface area is 148 Å². The molecule has 2 aromatic carbocycles. The number of nitro benzene ring substituents is 1. The van der Waals surface area contributed by atoms with Crippen molar-refractivity contribution in [3.05, 3.63) is 80.2 Å². The summed E-state index contributed by atoms with van der Waals surface area (Å²) in [7, 11) is 0. The summed E-state index contributed by atoms with van der Waals surface area (Å²) in [6.07, 6.45) is 1.69. The molecule has 1 aliphatic rings. The van der Waals surface area contributed by atoms with Gasteiger partial charge >= 0.3 is 0 Å². The Hall–Kier alpha value is -2.93. The van der Waals surface area contributed by atoms with Gasteiger partial charge in [-0.2, -0.15) is 0 Å². The number of non-ortho nitro benzene ring substituents is 1. The molecule has 25 heavy (non-hydrogen) atoms. The largest absolute Gasteiger partial charge is 0.293 e. The van der Waals surface area contributed by atoms with Crippen LogP contribution in [0.15, 0.2) is 53.4 Å². The summed E-state index contributed by atoms with van der Waals surface area (Å²) in [5.41, 5.74) is 2.59. The van der Waals surface area contributed by atoms with E-state index in [0.717, 1.165) is 27.8 Å². The van der Waals surface area contributed by atoms with Gasteiger partial charge in [0.1, 0.15) is 0 Å². The Balaban J connectivity index is 1.77. The van der Waals surface area contributed by atoms with Crippen molar-refractivity contribution in [1.82, 2.24) is 4.90 Å². The monoisotopic (exact) mass is 354 g/mol. The Kier molecular flexibility index (Phi) is 4.67. The van der Waals surface area contributed by atoms with E-state index in [1.165, 1.54) is 12.1 Å². The molecular formula is C18H14N2O4S. The molecule has 7 heteroatoms. The van der Waals surface area contributed by atoms with Crippen LogP contribution in [-0.2, 0) is 11.3 Å². The van der Waals surface area contributed by atoms with Gasteiger partial charge in [0.25, 0.3) is 16.8 Å². The lowest BCUT2D eigenvalue weighted by atomic mass is 10.1. The zero-order chi connectivity index (χ0) is 18.0. The quantitative estimate of drug-likeness (QED) is 0.468. The van der Waals surface area contributed by atoms with E-state index in [0.29, 0.717) is 10.5 Å². The van der Waals surface area contributed by atoms with Crippen LogP contribution in [0.2, 0.25) is 0 Å². The second-order valence-corrected chi connectivity index (χ2v) is 6.60. The summed E-state index contributed by atoms with van der Waals surface area (Å²) in [6, 6.07) is 13.5. The van der Waals surface area contributed by atoms with Gasteiger partial charge in [0, 0.05) is 12.1 Å². The van der Waals surface area contributed by atoms with Crippen LogP contribution in [0.25, 0.3) is 6.08 Å². The van der Waals surface area contributed by atoms with Gasteiger partial charge in [-0.3, -0.25) is 24.6 Å². The molecule has 1 saturated heterocycles. The number of hydrogen-bond donors (Lipinski definition) is 0. The molecule has 0 bridgehead atoms. The highest BCUT2D eigenvalue weighted by atomic mass is 32.2. The summed E-state index contributed by atoms with van der Waals surface area (Å²) in [6.45, 7) is 2.07. The lowest BCUT2D eigenvalue weighted by Gasteiger charge is -2.12. The number of imide groups is 1. The number of carbonyl (C=O) groups excluding carboxylic acids is 2. The molecule has 2 amide bonds. The van der Waals surface area contributed by atoms with Crippen molar-refractivity contribution in [2.24, 2.45) is 0 Å². The maximum Gasteiger partial charge on any atom is 0.293 e. The highest BCUT2D eigenvalue weighted by Crippen LogP contribution is 2.33. The first kappa shape index (κ1) is 16.9. The van der Waals surface area contributed by atoms with E-state index < -0.39 is 4.92 Å². The molecule has 1 heterocycles. The van der Waals surface area contributed by atoms with Crippen molar-refractivity contribution in [1.29, 1.82) is 0 Å². The summed E-state index contributed by atoms with van der Waals surface area (Å²) in [4.78, 5) is 36.3. The summed E-state index contributed by atoms with van der Waals surface area (Å²) in [5.74, 6) is -0.353. The molecular weight excluding hydrogens is 340 g/mol. The minimum Gasteiger partial charge on any atom is -0.268 e. The molecule has 0 spiro atoms. The molecule has 6 nitrogen and oxygen atoms in total. The number of nitro groups is 1. The molecule has 126 valence electrons. The van der Waals surface area contributed by atoms with Crippen LogP contribution in [0.1, 0.15) is 16.7 Å². The first-order valence-electron chi connectivity index (χ1n) is 7.49. The molecule has 0 N–H and O–H groups in total. The van der Waals surface area contributed by atoms with Gasteiger partial charge in [0.2, 0.25) is 0 Å². The fraction of sp³-hybridized carbons (Fsp3) is 0.111. The van der Waals surface area contributed by atoms with Gasteiger partial charge in [-0.05, 0) is 35.9 Å². The van der Waals surface area contributed by atoms with Crippen molar-refractivity contribution in [2.75, 3.05) is 0 Å². The number of nitrogens with zero attached hydrogens (tertiary/aromatic N) is 2. The number of benzene rings is 2. The van der Waals surface area contributed by atoms with Crippen molar-refractivity contribution in [3.8, 4) is 0 Å². The fourth-order valence-electron chi connectivity index (χ4n) is 2.36. The van der Waals surface area contributed by atoms with Crippen molar-refractivity contribution in [3.63, 3.8) is 0 Å². The number of thioether (sulfide) groups is 1. The van der Waals surface area contributed by atoms with Crippen molar-refractivity contribution in [2.45, 2.75) is 13.5 Å². The van der Waals surface area contributed by atoms with Crippen LogP contribution in [0.5, 0.6) is 0 Å². The molecule has 3 rings (SSSR count). The van der Waals surface area contributed by atoms with Gasteiger partial charge in [-0.15, -0.1) is 0 Å². The third-order valence-corrected chi connectivity index (χ3v) is 4.64. The van der Waals surface area contributed by atoms with Crippen molar-refractivity contribution >= 4 is 34.7 Å². The Morgan fingerprint density at radius 3 is 2.32 bits per heavy atom. The zero-order valence-electron chi connectivity index (χ0n) is 13.3. The minimum absolute atomic E-state index is 0.0304. The van der Waals surface area contributed by atoms with Gasteiger partial charge < -0.3 is 0 Å². The predicted molar refractivity (Wildman–Crippen MR) is 95.8 cm³/mol. The van der Waals surface area contributed by atoms with Gasteiger partial charge in [0.15, 0.2) is 0 Å². The summed E-state index contributed by atoms with van der Waals surface area (Å²) in [5, 5.41) is 10.3. The van der Waals surface area contributed by atoms with Crippen LogP contribution >= 0.6 is 11.8 Å². The molecule has 1 fully saturated rings. The lowest BCUT2D eigenvalue weighted by molar-refractivity contribution is -0.384. The van der Waals surface area contributed by atoms with E-state index in [1.807, 2.05) is 31.2 Å². The molecule has 0 unspecified atom stereocenters. The topological polar surface area (TPSA) is 80.5 Å². The van der Waals surface area contributed by atoms with E-state index in [1.54, 1.807) is 18.2 Å². The molecule has 0 saturated carbocycles. The Bertz CT molecular complexity index is 873. The van der Waals surface area contributed by atoms with Crippen LogP contribution in [0.3, 0.4) is 0 Å². The molecule has 0 radical (unpaired) electrons. The SMILES string of the molecule is Cc1ccc(/C=C2\SC(=O)N(Cc3ccc([N+](=O)[O-])cc3)C2=O)cc1. The van der Waals surface area contributed by atoms with Crippen LogP contribution in [-0.4, -0.2) is 21.0 Å². The normalized spacial score (nSPS) is 15.9. The zero-order valence-corrected chi connectivity index (χ0v) is 14.2. The average Bonchev–Trinajstić information content (AvgIpc) is 2.85. The van der Waals surface area contributed by atoms with Gasteiger partial charge in [0.05, 0.1) is 16.4 Å². The fourth-order valence-corrected chi connectivity index (χ4v) is 3.19. The number of aryl methyl sites for hydroxylation is 1.